The summed E-state index contributed by atoms with van der Waals surface area (Å²) in [6.07, 6.45) is 2.65. The number of para-hydroxylation sites is 1. The maximum absolute atomic E-state index is 12.3. The number of benzene rings is 1. The average molecular weight is 315 g/mol. The molecule has 0 unspecified atom stereocenters. The summed E-state index contributed by atoms with van der Waals surface area (Å²) in [6.45, 7) is 2.49. The Morgan fingerprint density at radius 2 is 2.09 bits per heavy atom. The molecule has 2 aromatic rings. The van der Waals surface area contributed by atoms with Gasteiger partial charge in [0.15, 0.2) is 0 Å². The maximum atomic E-state index is 12.3. The van der Waals surface area contributed by atoms with E-state index in [1.54, 1.807) is 11.3 Å². The molecule has 1 atom stereocenters. The van der Waals surface area contributed by atoms with Crippen LogP contribution in [0.25, 0.3) is 0 Å². The topological polar surface area (TPSA) is 29.5 Å². The minimum Gasteiger partial charge on any atom is -0.494 e. The highest BCUT2D eigenvalue weighted by atomic mass is 32.1. The Morgan fingerprint density at radius 3 is 2.86 bits per heavy atom. The summed E-state index contributed by atoms with van der Waals surface area (Å²) in [5, 5.41) is 2.02. The number of carbonyl (C=O) groups excluding carboxylic acids is 1. The van der Waals surface area contributed by atoms with Crippen molar-refractivity contribution in [2.75, 3.05) is 19.7 Å². The number of likely N-dealkylation sites (tertiary alicyclic amines) is 1. The molecule has 1 aromatic heterocycles. The van der Waals surface area contributed by atoms with Gasteiger partial charge in [-0.3, -0.25) is 4.79 Å². The minimum atomic E-state index is 0.258. The van der Waals surface area contributed by atoms with Gasteiger partial charge in [-0.25, -0.2) is 0 Å². The lowest BCUT2D eigenvalue weighted by Gasteiger charge is -2.16. The predicted molar refractivity (Wildman–Crippen MR) is 89.3 cm³/mol. The minimum absolute atomic E-state index is 0.258. The number of ether oxygens (including phenoxy) is 1. The van der Waals surface area contributed by atoms with E-state index in [-0.39, 0.29) is 5.91 Å². The Hall–Kier alpha value is -1.81. The van der Waals surface area contributed by atoms with Gasteiger partial charge in [0.05, 0.1) is 13.0 Å². The van der Waals surface area contributed by atoms with Gasteiger partial charge in [0, 0.05) is 18.0 Å². The Kier molecular flexibility index (Phi) is 5.11. The molecule has 0 radical (unpaired) electrons. The normalized spacial score (nSPS) is 17.6. The van der Waals surface area contributed by atoms with Gasteiger partial charge >= 0.3 is 0 Å². The van der Waals surface area contributed by atoms with Crippen molar-refractivity contribution in [3.63, 3.8) is 0 Å². The number of rotatable bonds is 6. The second-order valence-electron chi connectivity index (χ2n) is 5.70. The largest absolute Gasteiger partial charge is 0.494 e. The molecule has 0 bridgehead atoms. The van der Waals surface area contributed by atoms with Gasteiger partial charge in [0.25, 0.3) is 0 Å². The third-order valence-corrected chi connectivity index (χ3v) is 4.96. The predicted octanol–water partition coefficient (Wildman–Crippen LogP) is 3.61. The highest BCUT2D eigenvalue weighted by Gasteiger charge is 2.26. The van der Waals surface area contributed by atoms with Crippen LogP contribution in [0.15, 0.2) is 47.8 Å². The molecule has 3 rings (SSSR count). The van der Waals surface area contributed by atoms with E-state index in [1.165, 1.54) is 0 Å². The first-order valence-electron chi connectivity index (χ1n) is 7.79. The Balaban J connectivity index is 1.39. The molecule has 1 fully saturated rings. The fourth-order valence-corrected chi connectivity index (χ4v) is 3.52. The zero-order valence-electron chi connectivity index (χ0n) is 12.6. The lowest BCUT2D eigenvalue weighted by atomic mass is 10.1. The average Bonchev–Trinajstić information content (AvgIpc) is 3.20. The molecular formula is C18H21NO2S. The van der Waals surface area contributed by atoms with Crippen molar-refractivity contribution >= 4 is 17.2 Å². The van der Waals surface area contributed by atoms with E-state index in [0.717, 1.165) is 43.2 Å². The molecule has 116 valence electrons. The van der Waals surface area contributed by atoms with E-state index in [0.29, 0.717) is 12.3 Å². The summed E-state index contributed by atoms with van der Waals surface area (Å²) in [5.74, 6) is 1.75. The van der Waals surface area contributed by atoms with E-state index < -0.39 is 0 Å². The number of hydrogen-bond acceptors (Lipinski definition) is 3. The molecule has 1 aromatic carbocycles. The van der Waals surface area contributed by atoms with Gasteiger partial charge in [-0.2, -0.15) is 0 Å². The molecule has 0 spiro atoms. The zero-order chi connectivity index (χ0) is 15.2. The second kappa shape index (κ2) is 7.45. The SMILES string of the molecule is O=C(Cc1cccs1)N1CC[C@H](CCOc2ccccc2)C1. The van der Waals surface area contributed by atoms with Crippen molar-refractivity contribution in [3.05, 3.63) is 52.7 Å². The highest BCUT2D eigenvalue weighted by Crippen LogP contribution is 2.22. The number of nitrogens with zero attached hydrogens (tertiary/aromatic N) is 1. The third-order valence-electron chi connectivity index (χ3n) is 4.08. The molecule has 1 amide bonds. The van der Waals surface area contributed by atoms with E-state index in [9.17, 15) is 4.79 Å². The van der Waals surface area contributed by atoms with Crippen LogP contribution < -0.4 is 4.74 Å². The monoisotopic (exact) mass is 315 g/mol. The van der Waals surface area contributed by atoms with Crippen LogP contribution in [0.1, 0.15) is 17.7 Å². The molecule has 1 aliphatic heterocycles. The Bertz CT molecular complexity index is 582. The molecule has 0 N–H and O–H groups in total. The van der Waals surface area contributed by atoms with Crippen LogP contribution in [0.2, 0.25) is 0 Å². The van der Waals surface area contributed by atoms with E-state index in [2.05, 4.69) is 0 Å². The smallest absolute Gasteiger partial charge is 0.227 e. The molecule has 2 heterocycles. The number of thiophene rings is 1. The summed E-state index contributed by atoms with van der Waals surface area (Å²) in [5.41, 5.74) is 0. The molecule has 4 heteroatoms. The van der Waals surface area contributed by atoms with Crippen LogP contribution in [-0.2, 0) is 11.2 Å². The zero-order valence-corrected chi connectivity index (χ0v) is 13.4. The quantitative estimate of drug-likeness (QED) is 0.815. The summed E-state index contributed by atoms with van der Waals surface area (Å²) in [6, 6.07) is 13.9. The molecule has 1 saturated heterocycles. The van der Waals surface area contributed by atoms with Crippen LogP contribution in [0.4, 0.5) is 0 Å². The van der Waals surface area contributed by atoms with Crippen LogP contribution in [0.5, 0.6) is 5.75 Å². The van der Waals surface area contributed by atoms with Gasteiger partial charge in [-0.05, 0) is 42.3 Å². The lowest BCUT2D eigenvalue weighted by molar-refractivity contribution is -0.129. The molecular weight excluding hydrogens is 294 g/mol. The molecule has 22 heavy (non-hydrogen) atoms. The van der Waals surface area contributed by atoms with Crippen molar-refractivity contribution in [2.45, 2.75) is 19.3 Å². The van der Waals surface area contributed by atoms with E-state index >= 15 is 0 Å². The summed E-state index contributed by atoms with van der Waals surface area (Å²) in [7, 11) is 0. The molecule has 3 nitrogen and oxygen atoms in total. The maximum Gasteiger partial charge on any atom is 0.227 e. The van der Waals surface area contributed by atoms with Crippen molar-refractivity contribution in [1.82, 2.24) is 4.90 Å². The number of hydrogen-bond donors (Lipinski definition) is 0. The van der Waals surface area contributed by atoms with Crippen LogP contribution in [0, 0.1) is 5.92 Å². The third kappa shape index (κ3) is 4.10. The van der Waals surface area contributed by atoms with Crippen molar-refractivity contribution in [2.24, 2.45) is 5.92 Å². The van der Waals surface area contributed by atoms with Gasteiger partial charge in [-0.15, -0.1) is 11.3 Å². The Labute approximate surface area is 135 Å². The molecule has 1 aliphatic rings. The van der Waals surface area contributed by atoms with Gasteiger partial charge in [0.2, 0.25) is 5.91 Å². The number of carbonyl (C=O) groups is 1. The molecule has 0 saturated carbocycles. The van der Waals surface area contributed by atoms with Crippen LogP contribution >= 0.6 is 11.3 Å². The van der Waals surface area contributed by atoms with Crippen LogP contribution in [-0.4, -0.2) is 30.5 Å². The fourth-order valence-electron chi connectivity index (χ4n) is 2.83. The highest BCUT2D eigenvalue weighted by molar-refractivity contribution is 7.10. The van der Waals surface area contributed by atoms with Gasteiger partial charge < -0.3 is 9.64 Å². The Morgan fingerprint density at radius 1 is 1.23 bits per heavy atom. The van der Waals surface area contributed by atoms with Crippen molar-refractivity contribution in [1.29, 1.82) is 0 Å². The van der Waals surface area contributed by atoms with Gasteiger partial charge in [-0.1, -0.05) is 24.3 Å². The number of amides is 1. The van der Waals surface area contributed by atoms with Gasteiger partial charge in [0.1, 0.15) is 5.75 Å². The summed E-state index contributed by atoms with van der Waals surface area (Å²) in [4.78, 5) is 15.4. The summed E-state index contributed by atoms with van der Waals surface area (Å²) < 4.78 is 5.75. The first-order valence-corrected chi connectivity index (χ1v) is 8.67. The first-order chi connectivity index (χ1) is 10.8. The molecule has 0 aliphatic carbocycles. The first kappa shape index (κ1) is 15.1. The second-order valence-corrected chi connectivity index (χ2v) is 6.73. The van der Waals surface area contributed by atoms with Crippen molar-refractivity contribution in [3.8, 4) is 5.75 Å². The van der Waals surface area contributed by atoms with E-state index in [1.807, 2.05) is 52.7 Å². The van der Waals surface area contributed by atoms with Crippen LogP contribution in [0.3, 0.4) is 0 Å². The fraction of sp³-hybridized carbons (Fsp3) is 0.389. The standard InChI is InChI=1S/C18H21NO2S/c20-18(13-17-7-4-12-22-17)19-10-8-15(14-19)9-11-21-16-5-2-1-3-6-16/h1-7,12,15H,8-11,13-14H2/t15-/m1/s1. The van der Waals surface area contributed by atoms with E-state index in [4.69, 9.17) is 4.74 Å². The lowest BCUT2D eigenvalue weighted by Crippen LogP contribution is -2.30. The summed E-state index contributed by atoms with van der Waals surface area (Å²) >= 11 is 1.65. The van der Waals surface area contributed by atoms with Crippen molar-refractivity contribution < 1.29 is 9.53 Å².